The van der Waals surface area contributed by atoms with Crippen molar-refractivity contribution in [1.29, 1.82) is 0 Å². The van der Waals surface area contributed by atoms with Crippen LogP contribution < -0.4 is 9.47 Å². The monoisotopic (exact) mass is 433 g/mol. The second kappa shape index (κ2) is 9.58. The van der Waals surface area contributed by atoms with Crippen LogP contribution in [0.3, 0.4) is 0 Å². The van der Waals surface area contributed by atoms with Gasteiger partial charge in [-0.15, -0.1) is 0 Å². The number of carbonyl (C=O) groups is 1. The number of halogens is 1. The zero-order valence-electron chi connectivity index (χ0n) is 17.8. The van der Waals surface area contributed by atoms with Gasteiger partial charge >= 0.3 is 6.09 Å². The van der Waals surface area contributed by atoms with Crippen LogP contribution in [0.15, 0.2) is 48.5 Å². The fraction of sp³-hybridized carbons (Fsp3) is 0.435. The SMILES string of the molecule is COc1c(Cl)cccc1OC(c1ccccc1)C1CN(C(=O)OC(C)(C)C)CCO1. The van der Waals surface area contributed by atoms with Crippen LogP contribution in [0.25, 0.3) is 0 Å². The minimum absolute atomic E-state index is 0.345. The molecule has 1 aliphatic rings. The summed E-state index contributed by atoms with van der Waals surface area (Å²) in [6, 6.07) is 15.1. The highest BCUT2D eigenvalue weighted by Crippen LogP contribution is 2.38. The van der Waals surface area contributed by atoms with Crippen molar-refractivity contribution in [2.24, 2.45) is 0 Å². The molecule has 1 aliphatic heterocycles. The first-order valence-corrected chi connectivity index (χ1v) is 10.3. The van der Waals surface area contributed by atoms with Crippen molar-refractivity contribution < 1.29 is 23.7 Å². The average molecular weight is 434 g/mol. The van der Waals surface area contributed by atoms with Crippen LogP contribution in [0.4, 0.5) is 4.79 Å². The van der Waals surface area contributed by atoms with Gasteiger partial charge in [-0.25, -0.2) is 4.79 Å². The zero-order chi connectivity index (χ0) is 21.7. The van der Waals surface area contributed by atoms with Gasteiger partial charge in [-0.3, -0.25) is 0 Å². The number of methoxy groups -OCH3 is 1. The summed E-state index contributed by atoms with van der Waals surface area (Å²) in [6.07, 6.45) is -1.22. The number of nitrogens with zero attached hydrogens (tertiary/aromatic N) is 1. The van der Waals surface area contributed by atoms with E-state index in [1.807, 2.05) is 51.1 Å². The Bertz CT molecular complexity index is 852. The largest absolute Gasteiger partial charge is 0.491 e. The summed E-state index contributed by atoms with van der Waals surface area (Å²) in [5, 5.41) is 0.460. The van der Waals surface area contributed by atoms with Gasteiger partial charge in [-0.1, -0.05) is 48.0 Å². The highest BCUT2D eigenvalue weighted by molar-refractivity contribution is 6.32. The van der Waals surface area contributed by atoms with E-state index in [1.165, 1.54) is 0 Å². The number of hydrogen-bond acceptors (Lipinski definition) is 5. The number of hydrogen-bond donors (Lipinski definition) is 0. The quantitative estimate of drug-likeness (QED) is 0.656. The summed E-state index contributed by atoms with van der Waals surface area (Å²) in [5.41, 5.74) is 0.365. The minimum atomic E-state index is -0.561. The normalized spacial score (nSPS) is 17.9. The molecule has 2 unspecified atom stereocenters. The maximum atomic E-state index is 12.6. The van der Waals surface area contributed by atoms with Crippen LogP contribution in [0, 0.1) is 0 Å². The van der Waals surface area contributed by atoms with Crippen molar-refractivity contribution in [1.82, 2.24) is 4.90 Å². The number of morpholine rings is 1. The van der Waals surface area contributed by atoms with Crippen LogP contribution in [-0.2, 0) is 9.47 Å². The molecule has 0 spiro atoms. The highest BCUT2D eigenvalue weighted by atomic mass is 35.5. The lowest BCUT2D eigenvalue weighted by Gasteiger charge is -2.37. The van der Waals surface area contributed by atoms with E-state index in [2.05, 4.69) is 0 Å². The molecule has 0 N–H and O–H groups in total. The molecule has 2 aromatic carbocycles. The number of carbonyl (C=O) groups excluding carboxylic acids is 1. The number of para-hydroxylation sites is 1. The van der Waals surface area contributed by atoms with E-state index >= 15 is 0 Å². The fourth-order valence-electron chi connectivity index (χ4n) is 3.27. The van der Waals surface area contributed by atoms with Crippen LogP contribution >= 0.6 is 11.6 Å². The Hall–Kier alpha value is -2.44. The molecule has 1 amide bonds. The molecule has 0 saturated carbocycles. The third-order valence-electron chi connectivity index (χ3n) is 4.60. The Balaban J connectivity index is 1.86. The molecule has 0 aliphatic carbocycles. The third kappa shape index (κ3) is 5.58. The molecular weight excluding hydrogens is 406 g/mol. The third-order valence-corrected chi connectivity index (χ3v) is 4.90. The summed E-state index contributed by atoms with van der Waals surface area (Å²) >= 11 is 6.27. The molecule has 162 valence electrons. The second-order valence-corrected chi connectivity index (χ2v) is 8.46. The van der Waals surface area contributed by atoms with Crippen molar-refractivity contribution in [3.63, 3.8) is 0 Å². The van der Waals surface area contributed by atoms with Gasteiger partial charge in [0.2, 0.25) is 0 Å². The van der Waals surface area contributed by atoms with E-state index in [0.29, 0.717) is 36.2 Å². The standard InChI is InChI=1S/C23H28ClNO5/c1-23(2,3)30-22(26)25-13-14-28-19(15-25)20(16-9-6-5-7-10-16)29-18-12-8-11-17(24)21(18)27-4/h5-12,19-20H,13-15H2,1-4H3. The highest BCUT2D eigenvalue weighted by Gasteiger charge is 2.35. The number of amides is 1. The molecule has 1 saturated heterocycles. The molecule has 0 aromatic heterocycles. The first-order valence-electron chi connectivity index (χ1n) is 9.92. The molecular formula is C23H28ClNO5. The first kappa shape index (κ1) is 22.2. The predicted octanol–water partition coefficient (Wildman–Crippen LogP) is 5.10. The maximum absolute atomic E-state index is 12.6. The minimum Gasteiger partial charge on any atom is -0.491 e. The molecule has 30 heavy (non-hydrogen) atoms. The first-order chi connectivity index (χ1) is 14.3. The van der Waals surface area contributed by atoms with Gasteiger partial charge in [0, 0.05) is 6.54 Å². The lowest BCUT2D eigenvalue weighted by molar-refractivity contribution is -0.0840. The van der Waals surface area contributed by atoms with Crippen molar-refractivity contribution in [3.05, 3.63) is 59.1 Å². The topological polar surface area (TPSA) is 57.2 Å². The predicted molar refractivity (Wildman–Crippen MR) is 115 cm³/mol. The Kier molecular flexibility index (Phi) is 7.10. The number of rotatable bonds is 5. The summed E-state index contributed by atoms with van der Waals surface area (Å²) < 4.78 is 23.4. The molecule has 2 atom stereocenters. The Morgan fingerprint density at radius 3 is 2.57 bits per heavy atom. The van der Waals surface area contributed by atoms with Crippen molar-refractivity contribution in [2.45, 2.75) is 38.6 Å². The van der Waals surface area contributed by atoms with Gasteiger partial charge in [0.15, 0.2) is 17.6 Å². The van der Waals surface area contributed by atoms with Crippen molar-refractivity contribution in [3.8, 4) is 11.5 Å². The Labute approximate surface area is 182 Å². The zero-order valence-corrected chi connectivity index (χ0v) is 18.5. The fourth-order valence-corrected chi connectivity index (χ4v) is 3.51. The molecule has 6 nitrogen and oxygen atoms in total. The van der Waals surface area contributed by atoms with Gasteiger partial charge < -0.3 is 23.8 Å². The van der Waals surface area contributed by atoms with Gasteiger partial charge in [-0.2, -0.15) is 0 Å². The van der Waals surface area contributed by atoms with Crippen LogP contribution in [0.1, 0.15) is 32.4 Å². The van der Waals surface area contributed by atoms with Crippen molar-refractivity contribution >= 4 is 17.7 Å². The van der Waals surface area contributed by atoms with Gasteiger partial charge in [0.25, 0.3) is 0 Å². The van der Waals surface area contributed by atoms with E-state index < -0.39 is 17.8 Å². The molecule has 1 heterocycles. The Morgan fingerprint density at radius 2 is 1.90 bits per heavy atom. The summed E-state index contributed by atoms with van der Waals surface area (Å²) in [4.78, 5) is 14.3. The van der Waals surface area contributed by atoms with Gasteiger partial charge in [0.05, 0.1) is 25.3 Å². The number of benzene rings is 2. The van der Waals surface area contributed by atoms with Crippen LogP contribution in [0.2, 0.25) is 5.02 Å². The lowest BCUT2D eigenvalue weighted by Crippen LogP contribution is -2.50. The molecule has 1 fully saturated rings. The molecule has 0 bridgehead atoms. The summed E-state index contributed by atoms with van der Waals surface area (Å²) in [6.45, 7) is 6.76. The summed E-state index contributed by atoms with van der Waals surface area (Å²) in [5.74, 6) is 0.969. The van der Waals surface area contributed by atoms with E-state index in [0.717, 1.165) is 5.56 Å². The molecule has 0 radical (unpaired) electrons. The van der Waals surface area contributed by atoms with Crippen LogP contribution in [-0.4, -0.2) is 49.5 Å². The molecule has 7 heteroatoms. The summed E-state index contributed by atoms with van der Waals surface area (Å²) in [7, 11) is 1.55. The van der Waals surface area contributed by atoms with E-state index in [4.69, 9.17) is 30.5 Å². The molecule has 3 rings (SSSR count). The lowest BCUT2D eigenvalue weighted by atomic mass is 10.0. The van der Waals surface area contributed by atoms with Crippen molar-refractivity contribution in [2.75, 3.05) is 26.8 Å². The van der Waals surface area contributed by atoms with Crippen LogP contribution in [0.5, 0.6) is 11.5 Å². The van der Waals surface area contributed by atoms with Gasteiger partial charge in [0.1, 0.15) is 11.7 Å². The van der Waals surface area contributed by atoms with E-state index in [1.54, 1.807) is 30.2 Å². The van der Waals surface area contributed by atoms with E-state index in [9.17, 15) is 4.79 Å². The Morgan fingerprint density at radius 1 is 1.17 bits per heavy atom. The molecule has 2 aromatic rings. The second-order valence-electron chi connectivity index (χ2n) is 8.06. The number of ether oxygens (including phenoxy) is 4. The van der Waals surface area contributed by atoms with Gasteiger partial charge in [-0.05, 0) is 38.5 Å². The maximum Gasteiger partial charge on any atom is 0.410 e. The van der Waals surface area contributed by atoms with E-state index in [-0.39, 0.29) is 6.09 Å². The smallest absolute Gasteiger partial charge is 0.410 e. The average Bonchev–Trinajstić information content (AvgIpc) is 2.71.